The lowest BCUT2D eigenvalue weighted by molar-refractivity contribution is -0.114. The molecule has 1 aliphatic rings. The number of aromatic nitrogens is 3. The molecular weight excluding hydrogens is 397 g/mol. The van der Waals surface area contributed by atoms with Crippen molar-refractivity contribution in [1.29, 1.82) is 0 Å². The normalized spacial score (nSPS) is 14.0. The number of carbonyl (C=O) groups excluding carboxylic acids is 2. The Morgan fingerprint density at radius 3 is 2.48 bits per heavy atom. The summed E-state index contributed by atoms with van der Waals surface area (Å²) in [7, 11) is 0. The van der Waals surface area contributed by atoms with Gasteiger partial charge >= 0.3 is 0 Å². The first-order chi connectivity index (χ1) is 14.5. The maximum absolute atomic E-state index is 14.4. The molecule has 2 heterocycles. The maximum Gasteiger partial charge on any atom is 0.256 e. The van der Waals surface area contributed by atoms with Crippen LogP contribution in [0.2, 0.25) is 0 Å². The molecule has 0 saturated heterocycles. The Labute approximate surface area is 180 Å². The average Bonchev–Trinajstić information content (AvgIpc) is 3.46. The molecule has 0 spiro atoms. The van der Waals surface area contributed by atoms with Crippen molar-refractivity contribution in [3.8, 4) is 0 Å². The lowest BCUT2D eigenvalue weighted by atomic mass is 10.1. The number of nitrogens with zero attached hydrogens (tertiary/aromatic N) is 3. The summed E-state index contributed by atoms with van der Waals surface area (Å²) in [4.78, 5) is 29.4. The molecule has 8 heteroatoms. The van der Waals surface area contributed by atoms with Crippen molar-refractivity contribution in [3.63, 3.8) is 0 Å². The SMILES string of the molecule is CC(=O)Nc1ccc(F)c(NC(=O)c2cc(C3CC3)nc3c2c(C)nn3C(C)(C)C)c1. The molecule has 1 fully saturated rings. The molecular formula is C23H26FN5O2. The number of fused-ring (bicyclic) bond motifs is 1. The van der Waals surface area contributed by atoms with Crippen LogP contribution in [0.25, 0.3) is 11.0 Å². The molecule has 31 heavy (non-hydrogen) atoms. The topological polar surface area (TPSA) is 88.9 Å². The van der Waals surface area contributed by atoms with Crippen LogP contribution in [0.1, 0.15) is 68.2 Å². The number of hydrogen-bond acceptors (Lipinski definition) is 4. The van der Waals surface area contributed by atoms with Gasteiger partial charge in [0.15, 0.2) is 5.65 Å². The number of pyridine rings is 1. The van der Waals surface area contributed by atoms with E-state index >= 15 is 0 Å². The highest BCUT2D eigenvalue weighted by molar-refractivity contribution is 6.13. The number of aryl methyl sites for hydroxylation is 1. The van der Waals surface area contributed by atoms with Crippen LogP contribution >= 0.6 is 0 Å². The molecule has 1 saturated carbocycles. The molecule has 1 aliphatic carbocycles. The molecule has 0 unspecified atom stereocenters. The van der Waals surface area contributed by atoms with Gasteiger partial charge in [0.25, 0.3) is 5.91 Å². The van der Waals surface area contributed by atoms with Crippen molar-refractivity contribution in [2.45, 2.75) is 58.9 Å². The lowest BCUT2D eigenvalue weighted by Crippen LogP contribution is -2.24. The molecule has 0 bridgehead atoms. The van der Waals surface area contributed by atoms with E-state index in [2.05, 4.69) is 15.7 Å². The van der Waals surface area contributed by atoms with Gasteiger partial charge in [-0.25, -0.2) is 14.1 Å². The molecule has 162 valence electrons. The van der Waals surface area contributed by atoms with Gasteiger partial charge in [0.1, 0.15) is 5.82 Å². The average molecular weight is 423 g/mol. The van der Waals surface area contributed by atoms with E-state index in [1.165, 1.54) is 25.1 Å². The van der Waals surface area contributed by atoms with Crippen LogP contribution in [0, 0.1) is 12.7 Å². The van der Waals surface area contributed by atoms with Gasteiger partial charge in [-0.15, -0.1) is 0 Å². The number of nitrogens with one attached hydrogen (secondary N) is 2. The second-order valence-corrected chi connectivity index (χ2v) is 9.07. The molecule has 0 radical (unpaired) electrons. The summed E-state index contributed by atoms with van der Waals surface area (Å²) in [6.07, 6.45) is 2.07. The van der Waals surface area contributed by atoms with Gasteiger partial charge < -0.3 is 10.6 Å². The Balaban J connectivity index is 1.80. The monoisotopic (exact) mass is 423 g/mol. The summed E-state index contributed by atoms with van der Waals surface area (Å²) in [6, 6.07) is 5.86. The first kappa shape index (κ1) is 21.0. The number of carbonyl (C=O) groups is 2. The van der Waals surface area contributed by atoms with E-state index in [9.17, 15) is 14.0 Å². The molecule has 0 atom stereocenters. The summed E-state index contributed by atoms with van der Waals surface area (Å²) in [5, 5.41) is 10.6. The van der Waals surface area contributed by atoms with E-state index in [4.69, 9.17) is 4.98 Å². The van der Waals surface area contributed by atoms with Gasteiger partial charge in [-0.2, -0.15) is 5.10 Å². The van der Waals surface area contributed by atoms with E-state index < -0.39 is 11.7 Å². The Hall–Kier alpha value is -3.29. The third kappa shape index (κ3) is 4.15. The Morgan fingerprint density at radius 1 is 1.16 bits per heavy atom. The Kier molecular flexibility index (Phi) is 5.03. The Bertz CT molecular complexity index is 1200. The van der Waals surface area contributed by atoms with E-state index in [0.29, 0.717) is 33.9 Å². The molecule has 4 rings (SSSR count). The second-order valence-electron chi connectivity index (χ2n) is 9.07. The van der Waals surface area contributed by atoms with Crippen LogP contribution in [0.5, 0.6) is 0 Å². The fourth-order valence-electron chi connectivity index (χ4n) is 3.64. The maximum atomic E-state index is 14.4. The van der Waals surface area contributed by atoms with Crippen molar-refractivity contribution < 1.29 is 14.0 Å². The smallest absolute Gasteiger partial charge is 0.256 e. The number of hydrogen-bond donors (Lipinski definition) is 2. The van der Waals surface area contributed by atoms with E-state index in [1.807, 2.05) is 32.4 Å². The summed E-state index contributed by atoms with van der Waals surface area (Å²) >= 11 is 0. The van der Waals surface area contributed by atoms with E-state index in [-0.39, 0.29) is 17.1 Å². The summed E-state index contributed by atoms with van der Waals surface area (Å²) in [5.41, 5.74) is 2.72. The van der Waals surface area contributed by atoms with Crippen LogP contribution in [-0.2, 0) is 10.3 Å². The largest absolute Gasteiger partial charge is 0.326 e. The molecule has 0 aliphatic heterocycles. The van der Waals surface area contributed by atoms with Crippen molar-refractivity contribution in [1.82, 2.24) is 14.8 Å². The fourth-order valence-corrected chi connectivity index (χ4v) is 3.64. The second kappa shape index (κ2) is 7.44. The van der Waals surface area contributed by atoms with Crippen LogP contribution in [-0.4, -0.2) is 26.6 Å². The van der Waals surface area contributed by atoms with Crippen molar-refractivity contribution in [2.75, 3.05) is 10.6 Å². The minimum absolute atomic E-state index is 0.00458. The zero-order valence-corrected chi connectivity index (χ0v) is 18.3. The van der Waals surface area contributed by atoms with E-state index in [0.717, 1.165) is 18.5 Å². The standard InChI is InChI=1S/C23H26FN5O2/c1-12-20-16(22(31)27-19-10-15(25-13(2)30)8-9-17(19)24)11-18(14-6-7-14)26-21(20)29(28-12)23(3,4)5/h8-11,14H,6-7H2,1-5H3,(H,25,30)(H,27,31). The van der Waals surface area contributed by atoms with Crippen molar-refractivity contribution >= 4 is 34.2 Å². The van der Waals surface area contributed by atoms with Gasteiger partial charge in [0, 0.05) is 24.2 Å². The number of rotatable bonds is 4. The van der Waals surface area contributed by atoms with Gasteiger partial charge in [-0.3, -0.25) is 9.59 Å². The molecule has 7 nitrogen and oxygen atoms in total. The van der Waals surface area contributed by atoms with Crippen LogP contribution in [0.4, 0.5) is 15.8 Å². The fraction of sp³-hybridized carbons (Fsp3) is 0.391. The highest BCUT2D eigenvalue weighted by atomic mass is 19.1. The van der Waals surface area contributed by atoms with Crippen LogP contribution in [0.15, 0.2) is 24.3 Å². The summed E-state index contributed by atoms with van der Waals surface area (Å²) in [5.74, 6) is -0.972. The molecule has 2 amide bonds. The van der Waals surface area contributed by atoms with Gasteiger partial charge in [0.05, 0.1) is 27.9 Å². The number of benzene rings is 1. The quantitative estimate of drug-likeness (QED) is 0.635. The third-order valence-corrected chi connectivity index (χ3v) is 5.24. The van der Waals surface area contributed by atoms with Gasteiger partial charge in [-0.1, -0.05) is 0 Å². The highest BCUT2D eigenvalue weighted by Crippen LogP contribution is 2.41. The zero-order chi connectivity index (χ0) is 22.5. The predicted octanol–water partition coefficient (Wildman–Crippen LogP) is 4.72. The first-order valence-corrected chi connectivity index (χ1v) is 10.3. The zero-order valence-electron chi connectivity index (χ0n) is 18.3. The first-order valence-electron chi connectivity index (χ1n) is 10.3. The van der Waals surface area contributed by atoms with E-state index in [1.54, 1.807) is 6.07 Å². The highest BCUT2D eigenvalue weighted by Gasteiger charge is 2.30. The molecule has 2 N–H and O–H groups in total. The number of amides is 2. The van der Waals surface area contributed by atoms with Gasteiger partial charge in [-0.05, 0) is 64.8 Å². The van der Waals surface area contributed by atoms with Crippen molar-refractivity contribution in [3.05, 3.63) is 47.0 Å². The van der Waals surface area contributed by atoms with Crippen LogP contribution in [0.3, 0.4) is 0 Å². The van der Waals surface area contributed by atoms with Gasteiger partial charge in [0.2, 0.25) is 5.91 Å². The minimum atomic E-state index is -0.586. The third-order valence-electron chi connectivity index (χ3n) is 5.24. The van der Waals surface area contributed by atoms with Crippen molar-refractivity contribution in [2.24, 2.45) is 0 Å². The summed E-state index contributed by atoms with van der Waals surface area (Å²) < 4.78 is 16.2. The molecule has 2 aromatic heterocycles. The van der Waals surface area contributed by atoms with Crippen LogP contribution < -0.4 is 10.6 Å². The molecule has 3 aromatic rings. The summed E-state index contributed by atoms with van der Waals surface area (Å²) in [6.45, 7) is 9.31. The lowest BCUT2D eigenvalue weighted by Gasteiger charge is -2.20. The minimum Gasteiger partial charge on any atom is -0.326 e. The predicted molar refractivity (Wildman–Crippen MR) is 118 cm³/mol. The Morgan fingerprint density at radius 2 is 1.87 bits per heavy atom. The molecule has 1 aromatic carbocycles. The number of halogens is 1. The number of anilines is 2.